The Balaban J connectivity index is 1.15. The first-order chi connectivity index (χ1) is 14.9. The van der Waals surface area contributed by atoms with E-state index < -0.39 is 0 Å². The number of carbonyl (C=O) groups is 2. The number of hydrogen-bond donors (Lipinski definition) is 2. The Morgan fingerprint density at radius 1 is 1.03 bits per heavy atom. The van der Waals surface area contributed by atoms with Gasteiger partial charge in [0, 0.05) is 23.5 Å². The van der Waals surface area contributed by atoms with Crippen molar-refractivity contribution < 1.29 is 14.0 Å². The largest absolute Gasteiger partial charge is 0.369 e. The molecule has 6 bridgehead atoms. The SMILES string of the molecule is NC(=O)C12CC3CC(C1)C(NC(=O)N1C4CCC1CC(c1cccc(F)c1)C4)C(C3)C2. The van der Waals surface area contributed by atoms with Gasteiger partial charge in [-0.2, -0.15) is 0 Å². The molecule has 7 rings (SSSR count). The number of nitrogens with zero attached hydrogens (tertiary/aromatic N) is 1. The van der Waals surface area contributed by atoms with Crippen LogP contribution < -0.4 is 11.1 Å². The van der Waals surface area contributed by atoms with Gasteiger partial charge in [0.2, 0.25) is 5.91 Å². The van der Waals surface area contributed by atoms with Gasteiger partial charge in [0.05, 0.1) is 0 Å². The van der Waals surface area contributed by atoms with Crippen molar-refractivity contribution in [3.8, 4) is 0 Å². The average molecular weight is 426 g/mol. The zero-order valence-electron chi connectivity index (χ0n) is 17.9. The van der Waals surface area contributed by atoms with Crippen LogP contribution in [0.2, 0.25) is 0 Å². The molecule has 0 spiro atoms. The first kappa shape index (κ1) is 19.6. The van der Waals surface area contributed by atoms with Crippen molar-refractivity contribution in [3.63, 3.8) is 0 Å². The number of amides is 3. The van der Waals surface area contributed by atoms with Gasteiger partial charge in [-0.1, -0.05) is 12.1 Å². The van der Waals surface area contributed by atoms with Crippen LogP contribution in [0.1, 0.15) is 69.3 Å². The second-order valence-corrected chi connectivity index (χ2v) is 11.1. The molecule has 4 atom stereocenters. The second-order valence-electron chi connectivity index (χ2n) is 11.1. The monoisotopic (exact) mass is 425 g/mol. The highest BCUT2D eigenvalue weighted by atomic mass is 19.1. The van der Waals surface area contributed by atoms with Crippen LogP contribution in [-0.4, -0.2) is 35.0 Å². The van der Waals surface area contributed by atoms with Crippen LogP contribution in [0, 0.1) is 29.0 Å². The molecular weight excluding hydrogens is 393 g/mol. The van der Waals surface area contributed by atoms with Crippen molar-refractivity contribution in [1.29, 1.82) is 0 Å². The summed E-state index contributed by atoms with van der Waals surface area (Å²) in [5, 5.41) is 3.43. The van der Waals surface area contributed by atoms with Crippen LogP contribution in [0.25, 0.3) is 0 Å². The lowest BCUT2D eigenvalue weighted by atomic mass is 9.47. The van der Waals surface area contributed by atoms with Gasteiger partial charge in [-0.25, -0.2) is 9.18 Å². The maximum atomic E-state index is 13.7. The summed E-state index contributed by atoms with van der Waals surface area (Å²) in [6.45, 7) is 0. The van der Waals surface area contributed by atoms with E-state index in [4.69, 9.17) is 5.73 Å². The standard InChI is InChI=1S/C25H32FN3O2/c26-19-3-1-2-15(8-19)16-9-20-4-5-21(10-16)29(20)24(31)28-22-17-6-14-7-18(22)13-25(11-14,12-17)23(27)30/h1-3,8,14,16-18,20-22H,4-7,9-13H2,(H2,27,30)(H,28,31). The Labute approximate surface area is 182 Å². The van der Waals surface area contributed by atoms with Crippen molar-refractivity contribution in [1.82, 2.24) is 10.2 Å². The van der Waals surface area contributed by atoms with Crippen LogP contribution in [0.3, 0.4) is 0 Å². The highest BCUT2D eigenvalue weighted by Crippen LogP contribution is 2.60. The van der Waals surface area contributed by atoms with E-state index in [9.17, 15) is 14.0 Å². The van der Waals surface area contributed by atoms with Crippen molar-refractivity contribution in [2.24, 2.45) is 28.9 Å². The quantitative estimate of drug-likeness (QED) is 0.770. The molecule has 4 saturated carbocycles. The molecule has 2 saturated heterocycles. The Hall–Kier alpha value is -2.11. The number of piperidine rings is 1. The Kier molecular flexibility index (Phi) is 4.38. The maximum absolute atomic E-state index is 13.7. The minimum absolute atomic E-state index is 0.0794. The van der Waals surface area contributed by atoms with E-state index in [1.54, 1.807) is 12.1 Å². The minimum atomic E-state index is -0.319. The van der Waals surface area contributed by atoms with Crippen molar-refractivity contribution in [2.75, 3.05) is 0 Å². The van der Waals surface area contributed by atoms with E-state index in [0.717, 1.165) is 63.4 Å². The molecule has 1 aromatic rings. The summed E-state index contributed by atoms with van der Waals surface area (Å²) >= 11 is 0. The predicted octanol–water partition coefficient (Wildman–Crippen LogP) is 3.93. The number of halogens is 1. The number of rotatable bonds is 3. The predicted molar refractivity (Wildman–Crippen MR) is 115 cm³/mol. The van der Waals surface area contributed by atoms with Crippen molar-refractivity contribution >= 4 is 11.9 Å². The third-order valence-corrected chi connectivity index (χ3v) is 9.37. The molecule has 6 fully saturated rings. The van der Waals surface area contributed by atoms with E-state index >= 15 is 0 Å². The molecule has 5 nitrogen and oxygen atoms in total. The number of fused-ring (bicyclic) bond motifs is 2. The van der Waals surface area contributed by atoms with Gasteiger partial charge in [0.15, 0.2) is 0 Å². The molecule has 6 aliphatic rings. The zero-order chi connectivity index (χ0) is 21.3. The molecule has 2 heterocycles. The van der Waals surface area contributed by atoms with Gasteiger partial charge in [-0.15, -0.1) is 0 Å². The summed E-state index contributed by atoms with van der Waals surface area (Å²) in [5.41, 5.74) is 6.56. The smallest absolute Gasteiger partial charge is 0.318 e. The molecule has 0 aromatic heterocycles. The van der Waals surface area contributed by atoms with Gasteiger partial charge in [0.25, 0.3) is 0 Å². The van der Waals surface area contributed by atoms with Gasteiger partial charge in [-0.05, 0) is 99.2 Å². The number of urea groups is 1. The fraction of sp³-hybridized carbons (Fsp3) is 0.680. The van der Waals surface area contributed by atoms with E-state index in [1.165, 1.54) is 6.07 Å². The highest BCUT2D eigenvalue weighted by Gasteiger charge is 2.58. The summed E-state index contributed by atoms with van der Waals surface area (Å²) in [5.74, 6) is 1.37. The molecule has 0 radical (unpaired) electrons. The highest BCUT2D eigenvalue weighted by molar-refractivity contribution is 5.81. The molecule has 3 amide bonds. The Bertz CT molecular complexity index is 890. The van der Waals surface area contributed by atoms with E-state index in [1.807, 2.05) is 6.07 Å². The van der Waals surface area contributed by atoms with Gasteiger partial charge < -0.3 is 16.0 Å². The fourth-order valence-electron chi connectivity index (χ4n) is 8.32. The van der Waals surface area contributed by atoms with Crippen LogP contribution >= 0.6 is 0 Å². The molecule has 6 heteroatoms. The van der Waals surface area contributed by atoms with Gasteiger partial charge in [0.1, 0.15) is 5.82 Å². The lowest BCUT2D eigenvalue weighted by molar-refractivity contribution is -0.145. The van der Waals surface area contributed by atoms with Crippen LogP contribution in [0.4, 0.5) is 9.18 Å². The summed E-state index contributed by atoms with van der Waals surface area (Å²) in [7, 11) is 0. The number of carbonyl (C=O) groups excluding carboxylic acids is 2. The number of nitrogens with one attached hydrogen (secondary N) is 1. The van der Waals surface area contributed by atoms with E-state index in [2.05, 4.69) is 10.2 Å². The Morgan fingerprint density at radius 2 is 1.71 bits per heavy atom. The average Bonchev–Trinajstić information content (AvgIpc) is 2.99. The number of benzene rings is 1. The molecule has 2 aliphatic heterocycles. The van der Waals surface area contributed by atoms with Crippen LogP contribution in [0.15, 0.2) is 24.3 Å². The molecule has 4 aliphatic carbocycles. The molecule has 3 N–H and O–H groups in total. The summed E-state index contributed by atoms with van der Waals surface area (Å²) in [4.78, 5) is 27.7. The first-order valence-electron chi connectivity index (χ1n) is 12.1. The number of hydrogen-bond acceptors (Lipinski definition) is 2. The fourth-order valence-corrected chi connectivity index (χ4v) is 8.32. The van der Waals surface area contributed by atoms with Crippen LogP contribution in [-0.2, 0) is 4.79 Å². The lowest BCUT2D eigenvalue weighted by Crippen LogP contribution is -2.64. The molecular formula is C25H32FN3O2. The topological polar surface area (TPSA) is 75.4 Å². The van der Waals surface area contributed by atoms with Crippen LogP contribution in [0.5, 0.6) is 0 Å². The summed E-state index contributed by atoms with van der Waals surface area (Å²) < 4.78 is 13.7. The molecule has 4 unspecified atom stereocenters. The third kappa shape index (κ3) is 3.08. The van der Waals surface area contributed by atoms with Crippen molar-refractivity contribution in [3.05, 3.63) is 35.6 Å². The number of primary amides is 1. The molecule has 166 valence electrons. The minimum Gasteiger partial charge on any atom is -0.369 e. The normalized spacial score (nSPS) is 42.6. The van der Waals surface area contributed by atoms with Gasteiger partial charge in [-0.3, -0.25) is 4.79 Å². The number of nitrogens with two attached hydrogens (primary N) is 1. The van der Waals surface area contributed by atoms with E-state index in [-0.39, 0.29) is 41.3 Å². The van der Waals surface area contributed by atoms with Gasteiger partial charge >= 0.3 is 6.03 Å². The lowest BCUT2D eigenvalue weighted by Gasteiger charge is -2.59. The first-order valence-corrected chi connectivity index (χ1v) is 12.1. The second kappa shape index (κ2) is 6.94. The summed E-state index contributed by atoms with van der Waals surface area (Å²) in [6.07, 6.45) is 8.77. The third-order valence-electron chi connectivity index (χ3n) is 9.37. The Morgan fingerprint density at radius 3 is 2.32 bits per heavy atom. The van der Waals surface area contributed by atoms with Crippen molar-refractivity contribution in [2.45, 2.75) is 81.8 Å². The summed E-state index contributed by atoms with van der Waals surface area (Å²) in [6, 6.07) is 7.69. The maximum Gasteiger partial charge on any atom is 0.318 e. The molecule has 1 aromatic carbocycles. The van der Waals surface area contributed by atoms with E-state index in [0.29, 0.717) is 23.7 Å². The molecule has 31 heavy (non-hydrogen) atoms. The zero-order valence-corrected chi connectivity index (χ0v) is 17.9.